The SMILES string of the molecule is Cc1nnc(CCNC(=O)Cn2nnc(-c3ccc(F)cc3)n2)s1. The van der Waals surface area contributed by atoms with Crippen molar-refractivity contribution in [2.75, 3.05) is 6.54 Å². The monoisotopic (exact) mass is 347 g/mol. The fraction of sp³-hybridized carbons (Fsp3) is 0.286. The van der Waals surface area contributed by atoms with Crippen LogP contribution in [0.5, 0.6) is 0 Å². The largest absolute Gasteiger partial charge is 0.354 e. The number of benzene rings is 1. The van der Waals surface area contributed by atoms with E-state index >= 15 is 0 Å². The maximum Gasteiger partial charge on any atom is 0.243 e. The summed E-state index contributed by atoms with van der Waals surface area (Å²) < 4.78 is 12.9. The van der Waals surface area contributed by atoms with Gasteiger partial charge in [-0.15, -0.1) is 31.7 Å². The molecule has 0 radical (unpaired) electrons. The molecule has 2 aromatic heterocycles. The molecule has 10 heteroatoms. The minimum absolute atomic E-state index is 0.0384. The number of aromatic nitrogens is 6. The molecule has 1 N–H and O–H groups in total. The van der Waals surface area contributed by atoms with Gasteiger partial charge in [-0.3, -0.25) is 4.79 Å². The number of nitrogens with zero attached hydrogens (tertiary/aromatic N) is 6. The van der Waals surface area contributed by atoms with Gasteiger partial charge in [0.05, 0.1) is 0 Å². The third kappa shape index (κ3) is 4.16. The molecule has 2 heterocycles. The maximum absolute atomic E-state index is 12.9. The Balaban J connectivity index is 1.50. The molecule has 0 atom stereocenters. The Morgan fingerprint density at radius 2 is 2.04 bits per heavy atom. The van der Waals surface area contributed by atoms with Gasteiger partial charge < -0.3 is 5.32 Å². The van der Waals surface area contributed by atoms with E-state index in [-0.39, 0.29) is 18.3 Å². The zero-order valence-electron chi connectivity index (χ0n) is 12.8. The van der Waals surface area contributed by atoms with Gasteiger partial charge in [-0.1, -0.05) is 0 Å². The molecule has 24 heavy (non-hydrogen) atoms. The Hall–Kier alpha value is -2.75. The van der Waals surface area contributed by atoms with Crippen LogP contribution in [-0.4, -0.2) is 42.9 Å². The Labute approximate surface area is 140 Å². The van der Waals surface area contributed by atoms with Crippen LogP contribution in [0.2, 0.25) is 0 Å². The number of halogens is 1. The first-order chi connectivity index (χ1) is 11.6. The number of carbonyl (C=O) groups excluding carboxylic acids is 1. The van der Waals surface area contributed by atoms with Crippen LogP contribution in [0.4, 0.5) is 4.39 Å². The van der Waals surface area contributed by atoms with Crippen molar-refractivity contribution in [3.8, 4) is 11.4 Å². The average Bonchev–Trinajstić information content (AvgIpc) is 3.17. The Bertz CT molecular complexity index is 830. The summed E-state index contributed by atoms with van der Waals surface area (Å²) in [6, 6.07) is 5.75. The van der Waals surface area contributed by atoms with E-state index in [0.717, 1.165) is 10.0 Å². The molecule has 0 bridgehead atoms. The fourth-order valence-corrected chi connectivity index (χ4v) is 2.66. The number of hydrogen-bond acceptors (Lipinski definition) is 7. The van der Waals surface area contributed by atoms with Gasteiger partial charge in [0.2, 0.25) is 11.7 Å². The molecule has 1 aromatic carbocycles. The normalized spacial score (nSPS) is 10.8. The molecule has 0 unspecified atom stereocenters. The lowest BCUT2D eigenvalue weighted by molar-refractivity contribution is -0.122. The van der Waals surface area contributed by atoms with E-state index in [1.54, 1.807) is 12.1 Å². The molecule has 3 aromatic rings. The number of aryl methyl sites for hydroxylation is 1. The van der Waals surface area contributed by atoms with E-state index in [4.69, 9.17) is 0 Å². The van der Waals surface area contributed by atoms with E-state index in [1.807, 2.05) is 6.92 Å². The number of amides is 1. The zero-order chi connectivity index (χ0) is 16.9. The maximum atomic E-state index is 12.9. The van der Waals surface area contributed by atoms with Crippen molar-refractivity contribution in [1.29, 1.82) is 0 Å². The molecule has 0 fully saturated rings. The van der Waals surface area contributed by atoms with Crippen LogP contribution in [0.3, 0.4) is 0 Å². The number of tetrazole rings is 1. The number of nitrogens with one attached hydrogen (secondary N) is 1. The van der Waals surface area contributed by atoms with E-state index in [0.29, 0.717) is 24.4 Å². The smallest absolute Gasteiger partial charge is 0.243 e. The summed E-state index contributed by atoms with van der Waals surface area (Å²) in [5, 5.41) is 24.3. The molecule has 3 rings (SSSR count). The highest BCUT2D eigenvalue weighted by Gasteiger charge is 2.09. The molecule has 0 aliphatic heterocycles. The summed E-state index contributed by atoms with van der Waals surface area (Å²) in [5.41, 5.74) is 0.634. The second-order valence-electron chi connectivity index (χ2n) is 4.97. The minimum atomic E-state index is -0.337. The number of hydrogen-bond donors (Lipinski definition) is 1. The highest BCUT2D eigenvalue weighted by atomic mass is 32.1. The van der Waals surface area contributed by atoms with Gasteiger partial charge in [0.15, 0.2) is 0 Å². The molecular formula is C14H14FN7OS. The van der Waals surface area contributed by atoms with Crippen molar-refractivity contribution >= 4 is 17.2 Å². The third-order valence-corrected chi connectivity index (χ3v) is 3.97. The topological polar surface area (TPSA) is 98.5 Å². The molecule has 0 saturated carbocycles. The molecule has 0 aliphatic carbocycles. The molecule has 1 amide bonds. The van der Waals surface area contributed by atoms with Crippen molar-refractivity contribution in [3.05, 3.63) is 40.1 Å². The summed E-state index contributed by atoms with van der Waals surface area (Å²) in [7, 11) is 0. The van der Waals surface area contributed by atoms with Gasteiger partial charge in [-0.25, -0.2) is 4.39 Å². The van der Waals surface area contributed by atoms with Gasteiger partial charge in [0.1, 0.15) is 22.4 Å². The summed E-state index contributed by atoms with van der Waals surface area (Å²) in [6.45, 7) is 2.31. The second-order valence-corrected chi connectivity index (χ2v) is 6.23. The fourth-order valence-electron chi connectivity index (χ4n) is 1.96. The van der Waals surface area contributed by atoms with Crippen molar-refractivity contribution in [2.45, 2.75) is 19.9 Å². The van der Waals surface area contributed by atoms with Crippen molar-refractivity contribution < 1.29 is 9.18 Å². The summed E-state index contributed by atoms with van der Waals surface area (Å²) >= 11 is 1.51. The van der Waals surface area contributed by atoms with E-state index in [2.05, 4.69) is 30.9 Å². The molecule has 0 spiro atoms. The van der Waals surface area contributed by atoms with Crippen molar-refractivity contribution in [2.24, 2.45) is 0 Å². The molecule has 8 nitrogen and oxygen atoms in total. The first-order valence-corrected chi connectivity index (χ1v) is 8.01. The van der Waals surface area contributed by atoms with Gasteiger partial charge in [0, 0.05) is 18.5 Å². The predicted molar refractivity (Wildman–Crippen MR) is 84.6 cm³/mol. The highest BCUT2D eigenvalue weighted by Crippen LogP contribution is 2.13. The first-order valence-electron chi connectivity index (χ1n) is 7.19. The summed E-state index contributed by atoms with van der Waals surface area (Å²) in [6.07, 6.45) is 0.628. The van der Waals surface area contributed by atoms with Crippen LogP contribution < -0.4 is 5.32 Å². The predicted octanol–water partition coefficient (Wildman–Crippen LogP) is 0.998. The van der Waals surface area contributed by atoms with E-state index in [1.165, 1.54) is 28.3 Å². The quantitative estimate of drug-likeness (QED) is 0.714. The van der Waals surface area contributed by atoms with Crippen LogP contribution in [-0.2, 0) is 17.8 Å². The average molecular weight is 347 g/mol. The van der Waals surface area contributed by atoms with Crippen molar-refractivity contribution in [1.82, 2.24) is 35.7 Å². The number of carbonyl (C=O) groups is 1. The summed E-state index contributed by atoms with van der Waals surface area (Å²) in [4.78, 5) is 13.1. The lowest BCUT2D eigenvalue weighted by Gasteiger charge is -2.02. The summed E-state index contributed by atoms with van der Waals surface area (Å²) in [5.74, 6) is -0.220. The standard InChI is InChI=1S/C14H14FN7OS/c1-9-17-18-13(24-9)6-7-16-12(23)8-22-20-14(19-21-22)10-2-4-11(15)5-3-10/h2-5H,6-8H2,1H3,(H,16,23). The van der Waals surface area contributed by atoms with Crippen LogP contribution in [0.15, 0.2) is 24.3 Å². The second kappa shape index (κ2) is 7.21. The highest BCUT2D eigenvalue weighted by molar-refractivity contribution is 7.11. The van der Waals surface area contributed by atoms with Gasteiger partial charge in [-0.05, 0) is 36.4 Å². The van der Waals surface area contributed by atoms with Gasteiger partial charge in [-0.2, -0.15) is 4.80 Å². The molecule has 0 aliphatic rings. The lowest BCUT2D eigenvalue weighted by atomic mass is 10.2. The Morgan fingerprint density at radius 3 is 2.75 bits per heavy atom. The first kappa shape index (κ1) is 16.1. The number of rotatable bonds is 6. The lowest BCUT2D eigenvalue weighted by Crippen LogP contribution is -2.30. The Morgan fingerprint density at radius 1 is 1.25 bits per heavy atom. The van der Waals surface area contributed by atoms with Crippen molar-refractivity contribution in [3.63, 3.8) is 0 Å². The Kier molecular flexibility index (Phi) is 4.85. The van der Waals surface area contributed by atoms with Gasteiger partial charge in [0.25, 0.3) is 0 Å². The van der Waals surface area contributed by atoms with Crippen LogP contribution in [0.1, 0.15) is 10.0 Å². The third-order valence-electron chi connectivity index (χ3n) is 3.07. The van der Waals surface area contributed by atoms with Gasteiger partial charge >= 0.3 is 0 Å². The minimum Gasteiger partial charge on any atom is -0.354 e. The molecular weight excluding hydrogens is 333 g/mol. The van der Waals surface area contributed by atoms with E-state index < -0.39 is 0 Å². The van der Waals surface area contributed by atoms with E-state index in [9.17, 15) is 9.18 Å². The molecule has 124 valence electrons. The van der Waals surface area contributed by atoms with Crippen LogP contribution >= 0.6 is 11.3 Å². The zero-order valence-corrected chi connectivity index (χ0v) is 13.6. The van der Waals surface area contributed by atoms with Crippen LogP contribution in [0.25, 0.3) is 11.4 Å². The molecule has 0 saturated heterocycles. The van der Waals surface area contributed by atoms with Crippen LogP contribution in [0, 0.1) is 12.7 Å².